The minimum Gasteiger partial charge on any atom is -0.462 e. The molecule has 0 saturated carbocycles. The van der Waals surface area contributed by atoms with E-state index in [1.807, 2.05) is 80.6 Å². The Hall–Kier alpha value is -5.22. The summed E-state index contributed by atoms with van der Waals surface area (Å²) in [7, 11) is 0. The van der Waals surface area contributed by atoms with Gasteiger partial charge in [-0.25, -0.2) is 14.4 Å². The van der Waals surface area contributed by atoms with Crippen molar-refractivity contribution in [3.05, 3.63) is 108 Å². The van der Waals surface area contributed by atoms with Crippen LogP contribution in [-0.2, 0) is 36.9 Å². The number of hydrogen-bond donors (Lipinski definition) is 3. The zero-order valence-corrected chi connectivity index (χ0v) is 27.6. The lowest BCUT2D eigenvalue weighted by molar-refractivity contribution is -0.150. The molecule has 0 radical (unpaired) electrons. The molecule has 0 aliphatic rings. The second kappa shape index (κ2) is 17.6. The van der Waals surface area contributed by atoms with Crippen LogP contribution in [0.3, 0.4) is 0 Å². The highest BCUT2D eigenvalue weighted by atomic mass is 16.5. The van der Waals surface area contributed by atoms with Gasteiger partial charge in [-0.3, -0.25) is 4.79 Å². The number of carbonyl (C=O) groups excluding carboxylic acids is 4. The van der Waals surface area contributed by atoms with Gasteiger partial charge in [0.2, 0.25) is 5.91 Å². The summed E-state index contributed by atoms with van der Waals surface area (Å²) in [5.74, 6) is -1.83. The van der Waals surface area contributed by atoms with Crippen molar-refractivity contribution < 1.29 is 33.8 Å². The van der Waals surface area contributed by atoms with E-state index in [1.54, 1.807) is 0 Å². The summed E-state index contributed by atoms with van der Waals surface area (Å²) in [4.78, 5) is 52.5. The molecule has 0 fully saturated rings. The van der Waals surface area contributed by atoms with Crippen LogP contribution >= 0.6 is 0 Å². The van der Waals surface area contributed by atoms with E-state index in [0.29, 0.717) is 0 Å². The highest BCUT2D eigenvalue weighted by Crippen LogP contribution is 2.25. The lowest BCUT2D eigenvalue weighted by Crippen LogP contribution is -2.56. The van der Waals surface area contributed by atoms with Crippen LogP contribution in [0, 0.1) is 5.92 Å². The Labute approximate surface area is 281 Å². The molecule has 48 heavy (non-hydrogen) atoms. The first-order valence-electron chi connectivity index (χ1n) is 16.0. The summed E-state index contributed by atoms with van der Waals surface area (Å²) in [5.41, 5.74) is 3.63. The Morgan fingerprint density at radius 2 is 1.44 bits per heavy atom. The molecule has 0 aliphatic carbocycles. The fourth-order valence-corrected chi connectivity index (χ4v) is 5.21. The van der Waals surface area contributed by atoms with E-state index in [0.717, 1.165) is 33.0 Å². The Balaban J connectivity index is 1.53. The molecule has 252 valence electrons. The van der Waals surface area contributed by atoms with Gasteiger partial charge in [-0.1, -0.05) is 105 Å². The monoisotopic (exact) mass is 653 g/mol. The van der Waals surface area contributed by atoms with Crippen LogP contribution in [0.1, 0.15) is 31.9 Å². The molecule has 0 unspecified atom stereocenters. The maximum Gasteiger partial charge on any atom is 0.331 e. The third-order valence-electron chi connectivity index (χ3n) is 7.65. The number of urea groups is 1. The first-order valence-corrected chi connectivity index (χ1v) is 16.0. The molecule has 0 heterocycles. The number of fused-ring (bicyclic) bond motifs is 1. The van der Waals surface area contributed by atoms with Crippen molar-refractivity contribution in [1.82, 2.24) is 15.5 Å². The first-order chi connectivity index (χ1) is 23.1. The summed E-state index contributed by atoms with van der Waals surface area (Å²) in [5, 5.41) is 17.7. The Morgan fingerprint density at radius 1 is 0.771 bits per heavy atom. The average molecular weight is 654 g/mol. The summed E-state index contributed by atoms with van der Waals surface area (Å²) in [6.07, 6.45) is 0.123. The predicted octanol–water partition coefficient (Wildman–Crippen LogP) is 4.87. The van der Waals surface area contributed by atoms with Gasteiger partial charge in [-0.05, 0) is 45.0 Å². The highest BCUT2D eigenvalue weighted by molar-refractivity contribution is 5.88. The SMILES string of the molecule is CC(=O)NCCOC(=O)[C@H](CO)N(CC(C)C)C(=O)N[C@@H](Cc1ccc(-c2ccc3ccccc3c2)cc1)C(=O)OCc1ccccc1. The van der Waals surface area contributed by atoms with E-state index < -0.39 is 36.7 Å². The molecule has 3 N–H and O–H groups in total. The number of nitrogens with zero attached hydrogens (tertiary/aromatic N) is 1. The molecule has 2 atom stereocenters. The van der Waals surface area contributed by atoms with Gasteiger partial charge in [0, 0.05) is 19.9 Å². The van der Waals surface area contributed by atoms with Crippen molar-refractivity contribution in [3.63, 3.8) is 0 Å². The molecule has 10 nitrogen and oxygen atoms in total. The number of ether oxygens (including phenoxy) is 2. The van der Waals surface area contributed by atoms with Crippen LogP contribution in [0.4, 0.5) is 4.79 Å². The number of aliphatic hydroxyl groups is 1. The number of esters is 2. The lowest BCUT2D eigenvalue weighted by Gasteiger charge is -2.32. The molecule has 3 amide bonds. The van der Waals surface area contributed by atoms with Gasteiger partial charge in [0.25, 0.3) is 0 Å². The van der Waals surface area contributed by atoms with E-state index in [1.165, 1.54) is 11.8 Å². The molecule has 0 bridgehead atoms. The van der Waals surface area contributed by atoms with Crippen molar-refractivity contribution in [2.45, 2.75) is 45.9 Å². The zero-order valence-electron chi connectivity index (χ0n) is 27.6. The number of carbonyl (C=O) groups is 4. The standard InChI is InChI=1S/C38H43N3O7/c1-26(2)23-41(35(24-42)37(45)47-20-19-39-27(3)43)38(46)40-34(36(44)48-25-29-9-5-4-6-10-29)21-28-13-15-31(16-14-28)33-18-17-30-11-7-8-12-32(30)22-33/h4-18,22,26,34-35,42H,19-21,23-25H2,1-3H3,(H,39,43)(H,40,46)/t34-,35-/m0/s1. The van der Waals surface area contributed by atoms with Crippen LogP contribution in [0.2, 0.25) is 0 Å². The number of rotatable bonds is 15. The van der Waals surface area contributed by atoms with Gasteiger partial charge < -0.3 is 30.1 Å². The van der Waals surface area contributed by atoms with Gasteiger partial charge in [-0.2, -0.15) is 0 Å². The molecule has 4 rings (SSSR count). The zero-order chi connectivity index (χ0) is 34.5. The topological polar surface area (TPSA) is 134 Å². The second-order valence-corrected chi connectivity index (χ2v) is 12.0. The van der Waals surface area contributed by atoms with Crippen molar-refractivity contribution in [2.75, 3.05) is 26.3 Å². The van der Waals surface area contributed by atoms with Gasteiger partial charge in [0.1, 0.15) is 19.3 Å². The number of benzene rings is 4. The second-order valence-electron chi connectivity index (χ2n) is 12.0. The molecule has 0 spiro atoms. The van der Waals surface area contributed by atoms with Gasteiger partial charge in [-0.15, -0.1) is 0 Å². The number of hydrogen-bond acceptors (Lipinski definition) is 7. The number of nitrogens with one attached hydrogen (secondary N) is 2. The fourth-order valence-electron chi connectivity index (χ4n) is 5.21. The Kier molecular flexibility index (Phi) is 13.1. The molecule has 0 aliphatic heterocycles. The molecular weight excluding hydrogens is 610 g/mol. The molecule has 10 heteroatoms. The first kappa shape index (κ1) is 35.6. The van der Waals surface area contributed by atoms with E-state index in [9.17, 15) is 24.3 Å². The average Bonchev–Trinajstić information content (AvgIpc) is 3.09. The van der Waals surface area contributed by atoms with Crippen LogP contribution in [0.25, 0.3) is 21.9 Å². The third kappa shape index (κ3) is 10.4. The van der Waals surface area contributed by atoms with Crippen LogP contribution < -0.4 is 10.6 Å². The van der Waals surface area contributed by atoms with Crippen LogP contribution in [-0.4, -0.2) is 72.3 Å². The van der Waals surface area contributed by atoms with Crippen LogP contribution in [0.15, 0.2) is 97.1 Å². The largest absolute Gasteiger partial charge is 0.462 e. The molecule has 4 aromatic rings. The smallest absolute Gasteiger partial charge is 0.331 e. The minimum atomic E-state index is -1.33. The molecule has 0 aromatic heterocycles. The van der Waals surface area contributed by atoms with Gasteiger partial charge in [0.05, 0.1) is 13.2 Å². The molecular formula is C38H43N3O7. The maximum absolute atomic E-state index is 13.8. The van der Waals surface area contributed by atoms with E-state index >= 15 is 0 Å². The predicted molar refractivity (Wildman–Crippen MR) is 184 cm³/mol. The summed E-state index contributed by atoms with van der Waals surface area (Å²) >= 11 is 0. The summed E-state index contributed by atoms with van der Waals surface area (Å²) in [6, 6.07) is 28.2. The van der Waals surface area contributed by atoms with E-state index in [4.69, 9.17) is 9.47 Å². The van der Waals surface area contributed by atoms with Crippen molar-refractivity contribution in [2.24, 2.45) is 5.92 Å². The summed E-state index contributed by atoms with van der Waals surface area (Å²) in [6.45, 7) is 4.44. The third-order valence-corrected chi connectivity index (χ3v) is 7.65. The highest BCUT2D eigenvalue weighted by Gasteiger charge is 2.34. The fraction of sp³-hybridized carbons (Fsp3) is 0.316. The van der Waals surface area contributed by atoms with Crippen molar-refractivity contribution in [1.29, 1.82) is 0 Å². The Bertz CT molecular complexity index is 1680. The minimum absolute atomic E-state index is 0.0164. The lowest BCUT2D eigenvalue weighted by atomic mass is 9.98. The maximum atomic E-state index is 13.8. The van der Waals surface area contributed by atoms with E-state index in [2.05, 4.69) is 41.0 Å². The normalized spacial score (nSPS) is 12.2. The van der Waals surface area contributed by atoms with Gasteiger partial charge >= 0.3 is 18.0 Å². The van der Waals surface area contributed by atoms with Crippen LogP contribution in [0.5, 0.6) is 0 Å². The number of aliphatic hydroxyl groups excluding tert-OH is 1. The number of amides is 3. The van der Waals surface area contributed by atoms with Crippen molar-refractivity contribution >= 4 is 34.6 Å². The van der Waals surface area contributed by atoms with Crippen molar-refractivity contribution in [3.8, 4) is 11.1 Å². The molecule has 4 aromatic carbocycles. The Morgan fingerprint density at radius 3 is 2.10 bits per heavy atom. The summed E-state index contributed by atoms with van der Waals surface area (Å²) < 4.78 is 10.9. The van der Waals surface area contributed by atoms with E-state index in [-0.39, 0.29) is 44.5 Å². The quantitative estimate of drug-likeness (QED) is 0.123. The molecule has 0 saturated heterocycles. The van der Waals surface area contributed by atoms with Gasteiger partial charge in [0.15, 0.2) is 6.04 Å².